The molecule has 0 amide bonds. The van der Waals surface area contributed by atoms with Crippen molar-refractivity contribution in [3.8, 4) is 11.1 Å². The van der Waals surface area contributed by atoms with Crippen molar-refractivity contribution < 1.29 is 0 Å². The summed E-state index contributed by atoms with van der Waals surface area (Å²) in [7, 11) is 0. The van der Waals surface area contributed by atoms with Crippen molar-refractivity contribution in [2.45, 2.75) is 25.8 Å². The third-order valence-corrected chi connectivity index (χ3v) is 4.87. The molecule has 3 rings (SSSR count). The van der Waals surface area contributed by atoms with Gasteiger partial charge in [0.05, 0.1) is 5.00 Å². The highest BCUT2D eigenvalue weighted by Gasteiger charge is 2.13. The van der Waals surface area contributed by atoms with E-state index in [9.17, 15) is 0 Å². The summed E-state index contributed by atoms with van der Waals surface area (Å²) in [5, 5.41) is 6.70. The normalized spacial score (nSPS) is 12.6. The van der Waals surface area contributed by atoms with Gasteiger partial charge in [-0.3, -0.25) is 0 Å². The zero-order chi connectivity index (χ0) is 15.4. The summed E-state index contributed by atoms with van der Waals surface area (Å²) in [6.45, 7) is 3.26. The molecule has 1 aromatic rings. The van der Waals surface area contributed by atoms with E-state index in [1.807, 2.05) is 0 Å². The minimum atomic E-state index is 0.368. The van der Waals surface area contributed by atoms with Crippen LogP contribution in [0.1, 0.15) is 30.5 Å². The molecule has 0 fully saturated rings. The molecule has 0 spiro atoms. The van der Waals surface area contributed by atoms with Gasteiger partial charge in [-0.2, -0.15) is 0 Å². The molecule has 1 aromatic heterocycles. The predicted molar refractivity (Wildman–Crippen MR) is 96.5 cm³/mol. The second-order valence-electron chi connectivity index (χ2n) is 5.71. The van der Waals surface area contributed by atoms with Crippen LogP contribution in [0, 0.1) is 0 Å². The maximum Gasteiger partial charge on any atom is 0.0859 e. The van der Waals surface area contributed by atoms with Crippen LogP contribution in [-0.2, 0) is 6.42 Å². The SMILES string of the molecule is CC(NCCCc1csc(N)c1)c1ccc2cccccc1-2. The number of hydrogen-bond acceptors (Lipinski definition) is 3. The second kappa shape index (κ2) is 6.95. The minimum absolute atomic E-state index is 0.368. The highest BCUT2D eigenvalue weighted by Crippen LogP contribution is 2.31. The topological polar surface area (TPSA) is 38.0 Å². The number of thiophene rings is 1. The summed E-state index contributed by atoms with van der Waals surface area (Å²) in [5.41, 5.74) is 11.1. The van der Waals surface area contributed by atoms with Crippen LogP contribution >= 0.6 is 11.3 Å². The molecule has 2 aliphatic carbocycles. The van der Waals surface area contributed by atoms with Crippen molar-refractivity contribution in [3.63, 3.8) is 0 Å². The van der Waals surface area contributed by atoms with Crippen molar-refractivity contribution in [3.05, 3.63) is 65.0 Å². The number of nitrogens with one attached hydrogen (secondary N) is 1. The maximum absolute atomic E-state index is 5.76. The van der Waals surface area contributed by atoms with Gasteiger partial charge < -0.3 is 11.1 Å². The summed E-state index contributed by atoms with van der Waals surface area (Å²) in [6.07, 6.45) is 2.22. The zero-order valence-corrected chi connectivity index (χ0v) is 13.7. The summed E-state index contributed by atoms with van der Waals surface area (Å²) < 4.78 is 0. The summed E-state index contributed by atoms with van der Waals surface area (Å²) in [5.74, 6) is 0. The first kappa shape index (κ1) is 15.1. The van der Waals surface area contributed by atoms with Crippen molar-refractivity contribution in [2.75, 3.05) is 12.3 Å². The Kier molecular flexibility index (Phi) is 4.76. The number of aryl methyl sites for hydroxylation is 1. The standard InChI is InChI=1S/C19H22N2S/c1-14(21-11-5-6-15-12-19(20)22-13-15)17-10-9-16-7-3-2-4-8-18(16)17/h2-4,7-10,12-14,21H,5-6,11,20H2,1H3. The van der Waals surface area contributed by atoms with Gasteiger partial charge in [-0.15, -0.1) is 11.3 Å². The molecule has 22 heavy (non-hydrogen) atoms. The van der Waals surface area contributed by atoms with E-state index in [0.29, 0.717) is 6.04 Å². The molecule has 1 heterocycles. The highest BCUT2D eigenvalue weighted by atomic mass is 32.1. The van der Waals surface area contributed by atoms with E-state index in [1.165, 1.54) is 22.3 Å². The lowest BCUT2D eigenvalue weighted by molar-refractivity contribution is 0.560. The Labute approximate surface area is 136 Å². The average Bonchev–Trinajstić information content (AvgIpc) is 3.03. The van der Waals surface area contributed by atoms with Crippen molar-refractivity contribution in [1.82, 2.24) is 5.32 Å². The van der Waals surface area contributed by atoms with E-state index in [-0.39, 0.29) is 0 Å². The monoisotopic (exact) mass is 310 g/mol. The molecule has 0 bridgehead atoms. The van der Waals surface area contributed by atoms with Gasteiger partial charge >= 0.3 is 0 Å². The Hall–Kier alpha value is -1.84. The molecule has 0 saturated carbocycles. The Balaban J connectivity index is 1.54. The molecule has 3 heteroatoms. The molecule has 1 unspecified atom stereocenters. The van der Waals surface area contributed by atoms with Crippen molar-refractivity contribution >= 4 is 16.3 Å². The number of rotatable bonds is 6. The molecule has 0 radical (unpaired) electrons. The maximum atomic E-state index is 5.76. The Morgan fingerprint density at radius 1 is 1.14 bits per heavy atom. The molecule has 2 nitrogen and oxygen atoms in total. The van der Waals surface area contributed by atoms with Gasteiger partial charge in [0.1, 0.15) is 0 Å². The molecule has 114 valence electrons. The Morgan fingerprint density at radius 2 is 2.00 bits per heavy atom. The Bertz CT molecular complexity index is 704. The van der Waals surface area contributed by atoms with E-state index in [4.69, 9.17) is 5.73 Å². The fourth-order valence-electron chi connectivity index (χ4n) is 2.86. The molecule has 3 N–H and O–H groups in total. The van der Waals surface area contributed by atoms with Crippen LogP contribution in [0.4, 0.5) is 5.00 Å². The molecule has 0 aliphatic heterocycles. The number of nitrogens with two attached hydrogens (primary N) is 1. The third kappa shape index (κ3) is 3.49. The minimum Gasteiger partial charge on any atom is -0.391 e. The fraction of sp³-hybridized carbons (Fsp3) is 0.263. The van der Waals surface area contributed by atoms with Gasteiger partial charge in [0.2, 0.25) is 0 Å². The number of hydrogen-bond donors (Lipinski definition) is 2. The van der Waals surface area contributed by atoms with E-state index in [2.05, 4.69) is 66.2 Å². The molecule has 2 aliphatic rings. The number of fused-ring (bicyclic) bond motifs is 1. The molecular weight excluding hydrogens is 288 g/mol. The van der Waals surface area contributed by atoms with Crippen LogP contribution < -0.4 is 11.1 Å². The summed E-state index contributed by atoms with van der Waals surface area (Å²) in [4.78, 5) is 0. The van der Waals surface area contributed by atoms with Gasteiger partial charge in [0.15, 0.2) is 0 Å². The lowest BCUT2D eigenvalue weighted by atomic mass is 10.0. The second-order valence-corrected chi connectivity index (χ2v) is 6.65. The molecule has 0 aromatic carbocycles. The molecule has 0 saturated heterocycles. The van der Waals surface area contributed by atoms with Crippen molar-refractivity contribution in [2.24, 2.45) is 0 Å². The first-order chi connectivity index (χ1) is 10.7. The van der Waals surface area contributed by atoms with Crippen molar-refractivity contribution in [1.29, 1.82) is 0 Å². The molecule has 1 atom stereocenters. The quantitative estimate of drug-likeness (QED) is 0.647. The third-order valence-electron chi connectivity index (χ3n) is 4.06. The van der Waals surface area contributed by atoms with Crippen LogP contribution in [-0.4, -0.2) is 6.54 Å². The van der Waals surface area contributed by atoms with E-state index >= 15 is 0 Å². The van der Waals surface area contributed by atoms with Crippen LogP contribution in [0.15, 0.2) is 53.9 Å². The largest absolute Gasteiger partial charge is 0.391 e. The predicted octanol–water partition coefficient (Wildman–Crippen LogP) is 4.72. The van der Waals surface area contributed by atoms with Crippen LogP contribution in [0.3, 0.4) is 0 Å². The highest BCUT2D eigenvalue weighted by molar-refractivity contribution is 7.14. The average molecular weight is 310 g/mol. The van der Waals surface area contributed by atoms with Gasteiger partial charge in [-0.1, -0.05) is 42.5 Å². The summed E-state index contributed by atoms with van der Waals surface area (Å²) in [6, 6.07) is 17.6. The Morgan fingerprint density at radius 3 is 2.82 bits per heavy atom. The van der Waals surface area contributed by atoms with E-state index in [0.717, 1.165) is 24.4 Å². The lowest BCUT2D eigenvalue weighted by Gasteiger charge is -2.14. The van der Waals surface area contributed by atoms with Gasteiger partial charge in [-0.25, -0.2) is 0 Å². The zero-order valence-electron chi connectivity index (χ0n) is 12.9. The van der Waals surface area contributed by atoms with E-state index < -0.39 is 0 Å². The molecular formula is C19H22N2S. The van der Waals surface area contributed by atoms with Gasteiger partial charge in [0.25, 0.3) is 0 Å². The van der Waals surface area contributed by atoms with E-state index in [1.54, 1.807) is 11.3 Å². The lowest BCUT2D eigenvalue weighted by Crippen LogP contribution is -2.20. The van der Waals surface area contributed by atoms with Crippen LogP contribution in [0.2, 0.25) is 0 Å². The summed E-state index contributed by atoms with van der Waals surface area (Å²) >= 11 is 1.62. The van der Waals surface area contributed by atoms with Crippen LogP contribution in [0.25, 0.3) is 11.1 Å². The first-order valence-electron chi connectivity index (χ1n) is 7.78. The van der Waals surface area contributed by atoms with Gasteiger partial charge in [-0.05, 0) is 60.0 Å². The fourth-order valence-corrected chi connectivity index (χ4v) is 3.56. The van der Waals surface area contributed by atoms with Crippen LogP contribution in [0.5, 0.6) is 0 Å². The number of anilines is 1. The van der Waals surface area contributed by atoms with Gasteiger partial charge in [0, 0.05) is 6.04 Å². The number of nitrogen functional groups attached to an aromatic ring is 1. The smallest absolute Gasteiger partial charge is 0.0859 e. The first-order valence-corrected chi connectivity index (χ1v) is 8.66.